The van der Waals surface area contributed by atoms with Gasteiger partial charge in [-0.1, -0.05) is 0 Å². The van der Waals surface area contributed by atoms with E-state index in [9.17, 15) is 0 Å². The average molecular weight is 288 g/mol. The third-order valence-corrected chi connectivity index (χ3v) is 4.19. The van der Waals surface area contributed by atoms with Crippen LogP contribution in [0.3, 0.4) is 0 Å². The summed E-state index contributed by atoms with van der Waals surface area (Å²) in [5.74, 6) is 0.884. The van der Waals surface area contributed by atoms with E-state index in [1.54, 1.807) is 23.1 Å². The maximum absolute atomic E-state index is 4.11. The van der Waals surface area contributed by atoms with Crippen molar-refractivity contribution in [1.29, 1.82) is 0 Å². The summed E-state index contributed by atoms with van der Waals surface area (Å²) in [6.45, 7) is 0. The minimum absolute atomic E-state index is 0.884. The second-order valence-electron chi connectivity index (χ2n) is 2.47. The Balaban J connectivity index is 1.95. The van der Waals surface area contributed by atoms with E-state index in [-0.39, 0.29) is 0 Å². The van der Waals surface area contributed by atoms with Crippen molar-refractivity contribution < 1.29 is 0 Å². The Bertz CT molecular complexity index is 404. The lowest BCUT2D eigenvalue weighted by molar-refractivity contribution is 1.12. The number of halogens is 1. The largest absolute Gasteiger partial charge is 0.245 e. The minimum atomic E-state index is 0.884. The number of hydrogen-bond acceptors (Lipinski definition) is 5. The molecule has 0 N–H and O–H groups in total. The zero-order valence-corrected chi connectivity index (χ0v) is 10.3. The van der Waals surface area contributed by atoms with Gasteiger partial charge in [-0.25, -0.2) is 15.0 Å². The van der Waals surface area contributed by atoms with Crippen LogP contribution in [-0.2, 0) is 5.75 Å². The summed E-state index contributed by atoms with van der Waals surface area (Å²) in [4.78, 5) is 12.0. The quantitative estimate of drug-likeness (QED) is 0.814. The van der Waals surface area contributed by atoms with Crippen molar-refractivity contribution in [2.75, 3.05) is 0 Å². The van der Waals surface area contributed by atoms with Crippen LogP contribution in [0.1, 0.15) is 5.56 Å². The highest BCUT2D eigenvalue weighted by Crippen LogP contribution is 2.30. The van der Waals surface area contributed by atoms with Crippen LogP contribution in [0.15, 0.2) is 33.0 Å². The molecule has 0 unspecified atom stereocenters. The third kappa shape index (κ3) is 2.76. The van der Waals surface area contributed by atoms with Crippen molar-refractivity contribution >= 4 is 39.0 Å². The first kappa shape index (κ1) is 10.1. The van der Waals surface area contributed by atoms with Gasteiger partial charge in [0.25, 0.3) is 0 Å². The molecule has 2 heterocycles. The molecule has 0 spiro atoms. The molecule has 0 aliphatic heterocycles. The molecule has 0 fully saturated rings. The highest BCUT2D eigenvalue weighted by molar-refractivity contribution is 9.11. The first-order valence-electron chi connectivity index (χ1n) is 3.82. The van der Waals surface area contributed by atoms with Crippen molar-refractivity contribution in [3.8, 4) is 0 Å². The predicted molar refractivity (Wildman–Crippen MR) is 61.4 cm³/mol. The predicted octanol–water partition coefficient (Wildman–Crippen LogP) is 2.99. The molecule has 14 heavy (non-hydrogen) atoms. The van der Waals surface area contributed by atoms with Crippen LogP contribution in [0.5, 0.6) is 0 Å². The molecule has 0 aliphatic carbocycles. The van der Waals surface area contributed by atoms with E-state index in [1.807, 2.05) is 18.6 Å². The Morgan fingerprint density at radius 2 is 2.07 bits per heavy atom. The van der Waals surface area contributed by atoms with Crippen LogP contribution in [0, 0.1) is 0 Å². The molecule has 0 atom stereocenters. The Morgan fingerprint density at radius 3 is 2.71 bits per heavy atom. The summed E-state index contributed by atoms with van der Waals surface area (Å²) >= 11 is 6.70. The molecule has 3 nitrogen and oxygen atoms in total. The van der Waals surface area contributed by atoms with Crippen molar-refractivity contribution in [3.63, 3.8) is 0 Å². The molecule has 0 radical (unpaired) electrons. The molecular formula is C8H6BrN3S2. The van der Waals surface area contributed by atoms with E-state index in [0.717, 1.165) is 15.2 Å². The smallest absolute Gasteiger partial charge is 0.160 e. The summed E-state index contributed by atoms with van der Waals surface area (Å²) in [6, 6.07) is 0. The van der Waals surface area contributed by atoms with E-state index in [4.69, 9.17) is 0 Å². The van der Waals surface area contributed by atoms with E-state index in [1.165, 1.54) is 10.5 Å². The SMILES string of the molecule is Brc1ncc(SCc2cncnc2)s1. The molecule has 0 bridgehead atoms. The van der Waals surface area contributed by atoms with Crippen molar-refractivity contribution in [2.24, 2.45) is 0 Å². The van der Waals surface area contributed by atoms with Crippen LogP contribution in [0.4, 0.5) is 0 Å². The molecule has 0 aromatic carbocycles. The number of hydrogen-bond donors (Lipinski definition) is 0. The van der Waals surface area contributed by atoms with Gasteiger partial charge in [-0.15, -0.1) is 23.1 Å². The molecule has 2 rings (SSSR count). The van der Waals surface area contributed by atoms with Crippen LogP contribution < -0.4 is 0 Å². The zero-order valence-electron chi connectivity index (χ0n) is 7.05. The summed E-state index contributed by atoms with van der Waals surface area (Å²) in [5, 5.41) is 0. The molecule has 0 saturated carbocycles. The second kappa shape index (κ2) is 4.86. The molecule has 0 aliphatic rings. The summed E-state index contributed by atoms with van der Waals surface area (Å²) in [5.41, 5.74) is 1.13. The fourth-order valence-electron chi connectivity index (χ4n) is 0.865. The molecule has 72 valence electrons. The topological polar surface area (TPSA) is 38.7 Å². The van der Waals surface area contributed by atoms with E-state index >= 15 is 0 Å². The van der Waals surface area contributed by atoms with Gasteiger partial charge in [0.2, 0.25) is 0 Å². The molecule has 6 heteroatoms. The maximum atomic E-state index is 4.11. The number of thiazole rings is 1. The number of rotatable bonds is 3. The molecule has 0 amide bonds. The van der Waals surface area contributed by atoms with E-state index in [0.29, 0.717) is 0 Å². The van der Waals surface area contributed by atoms with Gasteiger partial charge in [0.1, 0.15) is 6.33 Å². The monoisotopic (exact) mass is 287 g/mol. The summed E-state index contributed by atoms with van der Waals surface area (Å²) in [7, 11) is 0. The highest BCUT2D eigenvalue weighted by atomic mass is 79.9. The van der Waals surface area contributed by atoms with Gasteiger partial charge < -0.3 is 0 Å². The van der Waals surface area contributed by atoms with Gasteiger partial charge in [0.15, 0.2) is 3.92 Å². The van der Waals surface area contributed by atoms with Crippen LogP contribution in [-0.4, -0.2) is 15.0 Å². The average Bonchev–Trinajstić information content (AvgIpc) is 2.63. The lowest BCUT2D eigenvalue weighted by Gasteiger charge is -1.96. The third-order valence-electron chi connectivity index (χ3n) is 1.45. The van der Waals surface area contributed by atoms with Gasteiger partial charge >= 0.3 is 0 Å². The Kier molecular flexibility index (Phi) is 3.49. The summed E-state index contributed by atoms with van der Waals surface area (Å²) in [6.07, 6.45) is 7.06. The number of thioether (sulfide) groups is 1. The molecule has 2 aromatic heterocycles. The minimum Gasteiger partial charge on any atom is -0.245 e. The fourth-order valence-corrected chi connectivity index (χ4v) is 3.42. The van der Waals surface area contributed by atoms with Crippen molar-refractivity contribution in [2.45, 2.75) is 9.96 Å². The van der Waals surface area contributed by atoms with Gasteiger partial charge in [0.05, 0.1) is 10.4 Å². The van der Waals surface area contributed by atoms with Crippen LogP contribution in [0.25, 0.3) is 0 Å². The number of aromatic nitrogens is 3. The first-order valence-corrected chi connectivity index (χ1v) is 6.42. The van der Waals surface area contributed by atoms with Gasteiger partial charge in [-0.05, 0) is 21.5 Å². The molecular weight excluding hydrogens is 282 g/mol. The van der Waals surface area contributed by atoms with Crippen LogP contribution in [0.2, 0.25) is 0 Å². The van der Waals surface area contributed by atoms with Gasteiger partial charge in [-0.3, -0.25) is 0 Å². The van der Waals surface area contributed by atoms with E-state index in [2.05, 4.69) is 30.9 Å². The molecule has 2 aromatic rings. The Morgan fingerprint density at radius 1 is 1.29 bits per heavy atom. The maximum Gasteiger partial charge on any atom is 0.160 e. The van der Waals surface area contributed by atoms with Crippen LogP contribution >= 0.6 is 39.0 Å². The van der Waals surface area contributed by atoms with E-state index < -0.39 is 0 Å². The molecule has 0 saturated heterocycles. The van der Waals surface area contributed by atoms with Gasteiger partial charge in [0, 0.05) is 18.1 Å². The Hall–Kier alpha value is -0.460. The summed E-state index contributed by atoms with van der Waals surface area (Å²) < 4.78 is 2.12. The van der Waals surface area contributed by atoms with Crippen molar-refractivity contribution in [3.05, 3.63) is 34.4 Å². The van der Waals surface area contributed by atoms with Gasteiger partial charge in [-0.2, -0.15) is 0 Å². The lowest BCUT2D eigenvalue weighted by atomic mass is 10.4. The zero-order chi connectivity index (χ0) is 9.80. The number of nitrogens with zero attached hydrogens (tertiary/aromatic N) is 3. The Labute approximate surface area is 98.1 Å². The van der Waals surface area contributed by atoms with Crippen molar-refractivity contribution in [1.82, 2.24) is 15.0 Å². The fraction of sp³-hybridized carbons (Fsp3) is 0.125. The highest BCUT2D eigenvalue weighted by Gasteiger charge is 2.00. The normalized spacial score (nSPS) is 10.4. The second-order valence-corrected chi connectivity index (χ2v) is 6.05. The lowest BCUT2D eigenvalue weighted by Crippen LogP contribution is -1.83. The standard InChI is InChI=1S/C8H6BrN3S2/c9-8-12-3-7(14-8)13-4-6-1-10-5-11-2-6/h1-3,5H,4H2. The first-order chi connectivity index (χ1) is 6.84.